The zero-order chi connectivity index (χ0) is 10.7. The van der Waals surface area contributed by atoms with E-state index in [1.165, 1.54) is 0 Å². The molecule has 0 atom stereocenters. The molecular formula is C3H6N3S6V. The second kappa shape index (κ2) is 18.7. The fourth-order valence-electron chi connectivity index (χ4n) is 0. The van der Waals surface area contributed by atoms with Gasteiger partial charge >= 0.3 is 18.6 Å². The first-order valence-corrected chi connectivity index (χ1v) is 4.54. The van der Waals surface area contributed by atoms with Gasteiger partial charge in [-0.3, -0.25) is 0 Å². The Morgan fingerprint density at radius 1 is 0.692 bits per heavy atom. The van der Waals surface area contributed by atoms with Crippen molar-refractivity contribution in [2.24, 2.45) is 17.2 Å². The average molecular weight is 327 g/mol. The first-order valence-electron chi connectivity index (χ1n) is 2.09. The van der Waals surface area contributed by atoms with E-state index in [0.29, 0.717) is 0 Å². The van der Waals surface area contributed by atoms with Crippen LogP contribution >= 0.6 is 36.7 Å². The maximum absolute atomic E-state index is 4.66. The SMILES string of the molecule is NC(=S)[S-].NC(=S)[S-].NC(=S)[S-].[V+3]. The summed E-state index contributed by atoms with van der Waals surface area (Å²) in [4.78, 5) is 0. The minimum atomic E-state index is 0. The smallest absolute Gasteiger partial charge is 0.415 e. The Morgan fingerprint density at radius 3 is 0.692 bits per heavy atom. The summed E-state index contributed by atoms with van der Waals surface area (Å²) in [5.74, 6) is 0. The van der Waals surface area contributed by atoms with Gasteiger partial charge in [0.15, 0.2) is 0 Å². The third-order valence-electron chi connectivity index (χ3n) is 0. The summed E-state index contributed by atoms with van der Waals surface area (Å²) >= 11 is 24.8. The van der Waals surface area contributed by atoms with Crippen molar-refractivity contribution in [3.05, 3.63) is 0 Å². The molecule has 13 heavy (non-hydrogen) atoms. The summed E-state index contributed by atoms with van der Waals surface area (Å²) in [6.45, 7) is 0. The van der Waals surface area contributed by atoms with E-state index in [9.17, 15) is 0 Å². The minimum Gasteiger partial charge on any atom is -0.415 e. The molecule has 0 aromatic heterocycles. The Kier molecular flexibility index (Phi) is 33.9. The van der Waals surface area contributed by atoms with E-state index in [0.717, 1.165) is 0 Å². The largest absolute Gasteiger partial charge is 3.00 e. The molecule has 0 spiro atoms. The molecule has 0 amide bonds. The molecule has 0 aliphatic heterocycles. The van der Waals surface area contributed by atoms with Gasteiger partial charge in [0, 0.05) is 0 Å². The predicted molar refractivity (Wildman–Crippen MR) is 72.5 cm³/mol. The standard InChI is InChI=1S/3CH3NS2.V/c3*2-1(3)4;/h3*(H3,2,3,4);/q;;;+3/p-3. The average Bonchev–Trinajstić information content (AvgIpc) is 1.54. The van der Waals surface area contributed by atoms with Gasteiger partial charge in [0.25, 0.3) is 0 Å². The van der Waals surface area contributed by atoms with Crippen LogP contribution in [0.4, 0.5) is 0 Å². The molecule has 6 N–H and O–H groups in total. The van der Waals surface area contributed by atoms with Crippen LogP contribution in [0.25, 0.3) is 0 Å². The van der Waals surface area contributed by atoms with E-state index in [4.69, 9.17) is 0 Å². The summed E-state index contributed by atoms with van der Waals surface area (Å²) < 4.78 is 0.250. The van der Waals surface area contributed by atoms with Crippen molar-refractivity contribution in [3.8, 4) is 0 Å². The molecule has 0 saturated carbocycles. The monoisotopic (exact) mass is 327 g/mol. The molecule has 0 bridgehead atoms. The number of rotatable bonds is 0. The molecular weight excluding hydrogens is 321 g/mol. The van der Waals surface area contributed by atoms with Gasteiger partial charge in [0.05, 0.1) is 0 Å². The van der Waals surface area contributed by atoms with Crippen molar-refractivity contribution in [1.82, 2.24) is 0 Å². The first kappa shape index (κ1) is 23.6. The van der Waals surface area contributed by atoms with Crippen LogP contribution in [0.1, 0.15) is 0 Å². The Hall–Kier alpha value is 0.914. The topological polar surface area (TPSA) is 78.1 Å². The molecule has 0 radical (unpaired) electrons. The molecule has 0 aromatic rings. The maximum atomic E-state index is 4.66. The Bertz CT molecular complexity index is 121. The second-order valence-corrected chi connectivity index (χ2v) is 4.37. The van der Waals surface area contributed by atoms with Crippen molar-refractivity contribution in [2.45, 2.75) is 0 Å². The van der Waals surface area contributed by atoms with Gasteiger partial charge in [-0.15, -0.1) is 0 Å². The molecule has 74 valence electrons. The van der Waals surface area contributed by atoms with E-state index in [-0.39, 0.29) is 31.5 Å². The molecule has 10 heteroatoms. The van der Waals surface area contributed by atoms with Gasteiger partial charge in [0.2, 0.25) is 0 Å². The number of thiocarbonyl (C=S) groups is 3. The summed E-state index contributed by atoms with van der Waals surface area (Å²) in [5, 5.41) is 0. The van der Waals surface area contributed by atoms with Crippen LogP contribution in [0.2, 0.25) is 0 Å². The van der Waals surface area contributed by atoms with Gasteiger partial charge in [-0.2, -0.15) is 0 Å². The molecule has 0 aliphatic rings. The fraction of sp³-hybridized carbons (Fsp3) is 0. The van der Waals surface area contributed by atoms with Crippen LogP contribution in [-0.2, 0) is 56.4 Å². The van der Waals surface area contributed by atoms with E-state index < -0.39 is 0 Å². The van der Waals surface area contributed by atoms with E-state index in [1.54, 1.807) is 0 Å². The van der Waals surface area contributed by atoms with Crippen molar-refractivity contribution >= 4 is 87.5 Å². The van der Waals surface area contributed by atoms with Crippen LogP contribution in [-0.4, -0.2) is 13.0 Å². The van der Waals surface area contributed by atoms with Crippen molar-refractivity contribution in [2.75, 3.05) is 0 Å². The Morgan fingerprint density at radius 2 is 0.692 bits per heavy atom. The zero-order valence-electron chi connectivity index (χ0n) is 6.13. The van der Waals surface area contributed by atoms with E-state index in [1.807, 2.05) is 0 Å². The zero-order valence-corrected chi connectivity index (χ0v) is 12.4. The molecule has 0 aromatic carbocycles. The third-order valence-corrected chi connectivity index (χ3v) is 0. The molecule has 0 fully saturated rings. The van der Waals surface area contributed by atoms with Gasteiger partial charge in [-0.05, 0) is 0 Å². The number of hydrogen-bond acceptors (Lipinski definition) is 6. The second-order valence-electron chi connectivity index (χ2n) is 0.957. The van der Waals surface area contributed by atoms with Crippen LogP contribution in [0, 0.1) is 0 Å². The van der Waals surface area contributed by atoms with Crippen molar-refractivity contribution < 1.29 is 18.6 Å². The van der Waals surface area contributed by atoms with Crippen LogP contribution in [0.15, 0.2) is 0 Å². The number of nitrogens with two attached hydrogens (primary N) is 3. The van der Waals surface area contributed by atoms with Crippen LogP contribution in [0.3, 0.4) is 0 Å². The van der Waals surface area contributed by atoms with Gasteiger partial charge < -0.3 is 91.7 Å². The molecule has 0 rings (SSSR count). The quantitative estimate of drug-likeness (QED) is 0.396. The van der Waals surface area contributed by atoms with Gasteiger partial charge in [0.1, 0.15) is 0 Å². The van der Waals surface area contributed by atoms with Crippen molar-refractivity contribution in [3.63, 3.8) is 0 Å². The Labute approximate surface area is 122 Å². The third kappa shape index (κ3) is 1840. The van der Waals surface area contributed by atoms with Gasteiger partial charge in [-0.25, -0.2) is 0 Å². The van der Waals surface area contributed by atoms with E-state index >= 15 is 0 Å². The number of hydrogen-bond donors (Lipinski definition) is 3. The molecule has 0 aliphatic carbocycles. The molecule has 0 heterocycles. The minimum absolute atomic E-state index is 0. The summed E-state index contributed by atoms with van der Waals surface area (Å²) in [5.41, 5.74) is 14.0. The Balaban J connectivity index is -0.0000000450. The van der Waals surface area contributed by atoms with Crippen molar-refractivity contribution in [1.29, 1.82) is 0 Å². The summed E-state index contributed by atoms with van der Waals surface area (Å²) in [6.07, 6.45) is 0. The normalized spacial score (nSPS) is 5.54. The van der Waals surface area contributed by atoms with Crippen LogP contribution < -0.4 is 17.2 Å². The van der Waals surface area contributed by atoms with Gasteiger partial charge in [-0.1, -0.05) is 13.0 Å². The van der Waals surface area contributed by atoms with E-state index in [2.05, 4.69) is 91.7 Å². The fourth-order valence-corrected chi connectivity index (χ4v) is 0. The van der Waals surface area contributed by atoms with Crippen LogP contribution in [0.5, 0.6) is 0 Å². The maximum Gasteiger partial charge on any atom is 3.00 e. The summed E-state index contributed by atoms with van der Waals surface area (Å²) in [7, 11) is 0. The molecule has 0 unspecified atom stereocenters. The molecule has 0 saturated heterocycles. The molecule has 3 nitrogen and oxygen atoms in total. The predicted octanol–water partition coefficient (Wildman–Crippen LogP) is -0.672. The summed E-state index contributed by atoms with van der Waals surface area (Å²) in [6, 6.07) is 0. The first-order chi connectivity index (χ1) is 5.20.